The molecule has 0 radical (unpaired) electrons. The summed E-state index contributed by atoms with van der Waals surface area (Å²) in [4.78, 5) is 0. The Balaban J connectivity index is 1.45. The first-order valence-electron chi connectivity index (χ1n) is 7.72. The van der Waals surface area contributed by atoms with E-state index in [9.17, 15) is 13.2 Å². The third kappa shape index (κ3) is 3.75. The summed E-state index contributed by atoms with van der Waals surface area (Å²) in [6, 6.07) is -0.0220. The van der Waals surface area contributed by atoms with Crippen LogP contribution in [0.5, 0.6) is 0 Å². The fourth-order valence-corrected chi connectivity index (χ4v) is 3.16. The molecule has 1 aromatic heterocycles. The Bertz CT molecular complexity index is 467. The van der Waals surface area contributed by atoms with Gasteiger partial charge < -0.3 is 9.88 Å². The average molecular weight is 302 g/mol. The summed E-state index contributed by atoms with van der Waals surface area (Å²) in [5.41, 5.74) is 0. The molecule has 118 valence electrons. The number of hydrogen-bond donors (Lipinski definition) is 1. The van der Waals surface area contributed by atoms with Crippen molar-refractivity contribution in [2.24, 2.45) is 5.92 Å². The van der Waals surface area contributed by atoms with E-state index in [1.165, 1.54) is 12.8 Å². The van der Waals surface area contributed by atoms with Crippen LogP contribution in [0.15, 0.2) is 6.33 Å². The Morgan fingerprint density at radius 1 is 1.24 bits per heavy atom. The molecule has 2 unspecified atom stereocenters. The largest absolute Gasteiger partial charge is 0.391 e. The summed E-state index contributed by atoms with van der Waals surface area (Å²) in [6.45, 7) is 1.40. The SMILES string of the molecule is FC(F)(F)C1CCCC(NCCn2cnnc2C2CC2)C1. The van der Waals surface area contributed by atoms with Crippen molar-refractivity contribution in [3.05, 3.63) is 12.2 Å². The van der Waals surface area contributed by atoms with Gasteiger partial charge in [0.1, 0.15) is 12.2 Å². The lowest BCUT2D eigenvalue weighted by atomic mass is 9.85. The van der Waals surface area contributed by atoms with E-state index in [0.717, 1.165) is 18.8 Å². The molecule has 3 rings (SSSR count). The topological polar surface area (TPSA) is 42.7 Å². The van der Waals surface area contributed by atoms with E-state index >= 15 is 0 Å². The van der Waals surface area contributed by atoms with Gasteiger partial charge in [-0.2, -0.15) is 13.2 Å². The van der Waals surface area contributed by atoms with Crippen LogP contribution in [0.3, 0.4) is 0 Å². The van der Waals surface area contributed by atoms with E-state index in [1.54, 1.807) is 6.33 Å². The van der Waals surface area contributed by atoms with Crippen LogP contribution in [-0.2, 0) is 6.54 Å². The van der Waals surface area contributed by atoms with Crippen molar-refractivity contribution in [3.63, 3.8) is 0 Å². The molecule has 7 heteroatoms. The maximum absolute atomic E-state index is 12.8. The van der Waals surface area contributed by atoms with Crippen molar-refractivity contribution in [3.8, 4) is 0 Å². The molecule has 1 N–H and O–H groups in total. The zero-order valence-corrected chi connectivity index (χ0v) is 11.9. The Labute approximate surface area is 122 Å². The summed E-state index contributed by atoms with van der Waals surface area (Å²) in [7, 11) is 0. The minimum absolute atomic E-state index is 0.0220. The maximum atomic E-state index is 12.8. The van der Waals surface area contributed by atoms with Crippen LogP contribution in [-0.4, -0.2) is 33.5 Å². The van der Waals surface area contributed by atoms with Gasteiger partial charge in [0.15, 0.2) is 0 Å². The number of nitrogens with zero attached hydrogens (tertiary/aromatic N) is 3. The number of alkyl halides is 3. The predicted molar refractivity (Wildman–Crippen MR) is 71.8 cm³/mol. The first kappa shape index (κ1) is 14.8. The minimum Gasteiger partial charge on any atom is -0.316 e. The summed E-state index contributed by atoms with van der Waals surface area (Å²) in [6.07, 6.45) is 1.98. The van der Waals surface area contributed by atoms with Gasteiger partial charge in [0.05, 0.1) is 5.92 Å². The van der Waals surface area contributed by atoms with E-state index in [1.807, 2.05) is 4.57 Å². The highest BCUT2D eigenvalue weighted by Gasteiger charge is 2.42. The highest BCUT2D eigenvalue weighted by Crippen LogP contribution is 2.39. The molecule has 0 spiro atoms. The van der Waals surface area contributed by atoms with Crippen molar-refractivity contribution >= 4 is 0 Å². The van der Waals surface area contributed by atoms with Crippen LogP contribution in [0.4, 0.5) is 13.2 Å². The van der Waals surface area contributed by atoms with Gasteiger partial charge in [-0.1, -0.05) is 6.42 Å². The first-order chi connectivity index (χ1) is 10.0. The van der Waals surface area contributed by atoms with Crippen LogP contribution in [0.2, 0.25) is 0 Å². The molecule has 1 aromatic rings. The Morgan fingerprint density at radius 3 is 2.76 bits per heavy atom. The molecule has 21 heavy (non-hydrogen) atoms. The third-order valence-electron chi connectivity index (χ3n) is 4.51. The monoisotopic (exact) mass is 302 g/mol. The molecule has 2 atom stereocenters. The van der Waals surface area contributed by atoms with Gasteiger partial charge in [0.2, 0.25) is 0 Å². The van der Waals surface area contributed by atoms with Crippen LogP contribution < -0.4 is 5.32 Å². The number of aromatic nitrogens is 3. The Morgan fingerprint density at radius 2 is 2.05 bits per heavy atom. The van der Waals surface area contributed by atoms with Gasteiger partial charge in [-0.05, 0) is 32.1 Å². The maximum Gasteiger partial charge on any atom is 0.391 e. The molecule has 4 nitrogen and oxygen atoms in total. The highest BCUT2D eigenvalue weighted by atomic mass is 19.4. The minimum atomic E-state index is -4.05. The average Bonchev–Trinajstić information content (AvgIpc) is 3.18. The lowest BCUT2D eigenvalue weighted by molar-refractivity contribution is -0.183. The van der Waals surface area contributed by atoms with Crippen LogP contribution in [0.1, 0.15) is 50.3 Å². The van der Waals surface area contributed by atoms with E-state index in [2.05, 4.69) is 15.5 Å². The normalized spacial score (nSPS) is 27.0. The third-order valence-corrected chi connectivity index (χ3v) is 4.51. The smallest absolute Gasteiger partial charge is 0.316 e. The van der Waals surface area contributed by atoms with Crippen LogP contribution in [0.25, 0.3) is 0 Å². The molecule has 2 fully saturated rings. The number of hydrogen-bond acceptors (Lipinski definition) is 3. The van der Waals surface area contributed by atoms with Crippen molar-refractivity contribution in [2.45, 2.75) is 63.2 Å². The van der Waals surface area contributed by atoms with Gasteiger partial charge in [0.25, 0.3) is 0 Å². The number of nitrogens with one attached hydrogen (secondary N) is 1. The molecule has 0 bridgehead atoms. The molecule has 0 aliphatic heterocycles. The Hall–Kier alpha value is -1.11. The molecule has 0 amide bonds. The van der Waals surface area contributed by atoms with E-state index in [4.69, 9.17) is 0 Å². The highest BCUT2D eigenvalue weighted by molar-refractivity contribution is 5.04. The van der Waals surface area contributed by atoms with E-state index < -0.39 is 12.1 Å². The van der Waals surface area contributed by atoms with E-state index in [-0.39, 0.29) is 18.9 Å². The van der Waals surface area contributed by atoms with Gasteiger partial charge in [-0.15, -0.1) is 10.2 Å². The van der Waals surface area contributed by atoms with Crippen molar-refractivity contribution in [2.75, 3.05) is 6.54 Å². The Kier molecular flexibility index (Phi) is 4.19. The van der Waals surface area contributed by atoms with Gasteiger partial charge in [0, 0.05) is 25.0 Å². The molecule has 0 saturated heterocycles. The standard InChI is InChI=1S/C14H21F3N4/c15-14(16,17)11-2-1-3-12(8-11)18-6-7-21-9-19-20-13(21)10-4-5-10/h9-12,18H,1-8H2. The predicted octanol–water partition coefficient (Wildman–Crippen LogP) is 2.87. The molecule has 2 aliphatic rings. The van der Waals surface area contributed by atoms with Crippen LogP contribution in [0, 0.1) is 5.92 Å². The lowest BCUT2D eigenvalue weighted by Gasteiger charge is -2.31. The van der Waals surface area contributed by atoms with Gasteiger partial charge in [-0.3, -0.25) is 0 Å². The molecular formula is C14H21F3N4. The number of rotatable bonds is 5. The van der Waals surface area contributed by atoms with E-state index in [0.29, 0.717) is 18.9 Å². The second-order valence-electron chi connectivity index (χ2n) is 6.21. The second kappa shape index (κ2) is 5.94. The molecule has 1 heterocycles. The summed E-state index contributed by atoms with van der Waals surface area (Å²) in [5, 5.41) is 11.3. The van der Waals surface area contributed by atoms with Crippen molar-refractivity contribution in [1.82, 2.24) is 20.1 Å². The fraction of sp³-hybridized carbons (Fsp3) is 0.857. The quantitative estimate of drug-likeness (QED) is 0.909. The van der Waals surface area contributed by atoms with Crippen molar-refractivity contribution < 1.29 is 13.2 Å². The summed E-state index contributed by atoms with van der Waals surface area (Å²) >= 11 is 0. The first-order valence-corrected chi connectivity index (χ1v) is 7.72. The summed E-state index contributed by atoms with van der Waals surface area (Å²) in [5.74, 6) is 0.422. The fourth-order valence-electron chi connectivity index (χ4n) is 3.16. The van der Waals surface area contributed by atoms with Crippen LogP contribution >= 0.6 is 0 Å². The second-order valence-corrected chi connectivity index (χ2v) is 6.21. The zero-order chi connectivity index (χ0) is 14.9. The van der Waals surface area contributed by atoms with Crippen molar-refractivity contribution in [1.29, 1.82) is 0 Å². The molecule has 2 aliphatic carbocycles. The molecular weight excluding hydrogens is 281 g/mol. The van der Waals surface area contributed by atoms with Gasteiger partial charge in [-0.25, -0.2) is 0 Å². The number of halogens is 3. The molecule has 0 aromatic carbocycles. The summed E-state index contributed by atoms with van der Waals surface area (Å²) < 4.78 is 40.3. The van der Waals surface area contributed by atoms with Gasteiger partial charge >= 0.3 is 6.18 Å². The lowest BCUT2D eigenvalue weighted by Crippen LogP contribution is -2.40. The zero-order valence-electron chi connectivity index (χ0n) is 11.9. The molecule has 2 saturated carbocycles.